The smallest absolute Gasteiger partial charge is 0.307 e. The molecule has 2 aliphatic rings. The van der Waals surface area contributed by atoms with Gasteiger partial charge in [-0.1, -0.05) is 60.3 Å². The summed E-state index contributed by atoms with van der Waals surface area (Å²) in [6.07, 6.45) is 12.1. The van der Waals surface area contributed by atoms with Crippen molar-refractivity contribution in [3.8, 4) is 0 Å². The zero-order valence-electron chi connectivity index (χ0n) is 24.0. The van der Waals surface area contributed by atoms with Gasteiger partial charge in [-0.15, -0.1) is 0 Å². The molecule has 0 bridgehead atoms. The molecule has 0 radical (unpaired) electrons. The lowest BCUT2D eigenvalue weighted by Gasteiger charge is -2.43. The zero-order valence-corrected chi connectivity index (χ0v) is 25.5. The number of methoxy groups -OCH3 is 1. The number of nitrogens with zero attached hydrogens (tertiary/aromatic N) is 2. The average Bonchev–Trinajstić information content (AvgIpc) is 3.35. The monoisotopic (exact) mass is 589 g/mol. The molecule has 1 N–H and O–H groups in total. The van der Waals surface area contributed by atoms with Crippen molar-refractivity contribution in [1.29, 1.82) is 0 Å². The molecule has 2 amide bonds. The molecule has 2 aliphatic carbocycles. The van der Waals surface area contributed by atoms with Crippen LogP contribution in [0.2, 0.25) is 0 Å². The van der Waals surface area contributed by atoms with Gasteiger partial charge in [0.25, 0.3) is 5.91 Å². The van der Waals surface area contributed by atoms with Crippen LogP contribution in [0.5, 0.6) is 0 Å². The van der Waals surface area contributed by atoms with E-state index in [4.69, 9.17) is 23.2 Å². The summed E-state index contributed by atoms with van der Waals surface area (Å²) in [6, 6.07) is 7.19. The van der Waals surface area contributed by atoms with E-state index in [0.29, 0.717) is 10.6 Å². The molecule has 0 spiro atoms. The van der Waals surface area contributed by atoms with Crippen LogP contribution in [-0.2, 0) is 14.3 Å². The number of ether oxygens (including phenoxy) is 1. The van der Waals surface area contributed by atoms with Gasteiger partial charge < -0.3 is 15.0 Å². The number of amides is 2. The van der Waals surface area contributed by atoms with Crippen molar-refractivity contribution in [2.75, 3.05) is 13.7 Å². The summed E-state index contributed by atoms with van der Waals surface area (Å²) in [7, 11) is 1.32. The standard InChI is InChI=1S/C23H33N3O4.C8H8Cl2/c1-5-8-20(26(17(2)27)23(24-3)14-6-7-15-23)18-9-11-19(12-10-18)22(29)25-16-13-21(28)30-4;1-6-2-3-7(9)5-8(10)4-6/h9-12,20H,3,5-8,13-16H2,1-2,4H3,(H,25,29);3-5H,2H2,1H3. The fourth-order valence-electron chi connectivity index (χ4n) is 5.06. The fourth-order valence-corrected chi connectivity index (χ4v) is 5.62. The molecule has 40 heavy (non-hydrogen) atoms. The molecular formula is C31H41Cl2N3O4. The van der Waals surface area contributed by atoms with E-state index >= 15 is 0 Å². The van der Waals surface area contributed by atoms with Crippen molar-refractivity contribution < 1.29 is 19.1 Å². The van der Waals surface area contributed by atoms with E-state index in [-0.39, 0.29) is 36.8 Å². The summed E-state index contributed by atoms with van der Waals surface area (Å²) in [4.78, 5) is 42.5. The van der Waals surface area contributed by atoms with Gasteiger partial charge in [0.05, 0.1) is 19.6 Å². The Labute approximate surface area is 248 Å². The van der Waals surface area contributed by atoms with Gasteiger partial charge in [0.2, 0.25) is 5.91 Å². The van der Waals surface area contributed by atoms with Gasteiger partial charge in [-0.25, -0.2) is 0 Å². The predicted molar refractivity (Wildman–Crippen MR) is 163 cm³/mol. The Bertz CT molecular complexity index is 1140. The molecule has 1 atom stereocenters. The van der Waals surface area contributed by atoms with Gasteiger partial charge in [0.1, 0.15) is 5.66 Å². The second kappa shape index (κ2) is 16.4. The molecular weight excluding hydrogens is 549 g/mol. The van der Waals surface area contributed by atoms with Crippen molar-refractivity contribution >= 4 is 47.7 Å². The molecule has 1 aromatic rings. The van der Waals surface area contributed by atoms with Gasteiger partial charge >= 0.3 is 5.97 Å². The van der Waals surface area contributed by atoms with Gasteiger partial charge in [-0.3, -0.25) is 19.4 Å². The number of rotatable bonds is 10. The van der Waals surface area contributed by atoms with Crippen LogP contribution in [-0.4, -0.2) is 48.7 Å². The Morgan fingerprint density at radius 2 is 1.77 bits per heavy atom. The predicted octanol–water partition coefficient (Wildman–Crippen LogP) is 7.22. The van der Waals surface area contributed by atoms with Crippen LogP contribution in [0.4, 0.5) is 0 Å². The highest BCUT2D eigenvalue weighted by atomic mass is 35.5. The Kier molecular flexibility index (Phi) is 13.6. The third-order valence-electron chi connectivity index (χ3n) is 7.04. The molecule has 1 fully saturated rings. The second-order valence-electron chi connectivity index (χ2n) is 10.1. The topological polar surface area (TPSA) is 88.1 Å². The van der Waals surface area contributed by atoms with Crippen LogP contribution >= 0.6 is 23.2 Å². The number of nitrogens with one attached hydrogen (secondary N) is 1. The zero-order chi connectivity index (χ0) is 29.7. The molecule has 0 saturated heterocycles. The summed E-state index contributed by atoms with van der Waals surface area (Å²) < 4.78 is 4.57. The lowest BCUT2D eigenvalue weighted by Crippen LogP contribution is -2.49. The van der Waals surface area contributed by atoms with Crippen molar-refractivity contribution in [3.63, 3.8) is 0 Å². The molecule has 0 heterocycles. The number of allylic oxidation sites excluding steroid dienone is 6. The first-order valence-corrected chi connectivity index (χ1v) is 14.4. The van der Waals surface area contributed by atoms with E-state index in [1.807, 2.05) is 36.1 Å². The molecule has 1 saturated carbocycles. The molecule has 9 heteroatoms. The van der Waals surface area contributed by atoms with Crippen LogP contribution < -0.4 is 5.32 Å². The quantitative estimate of drug-likeness (QED) is 0.230. The minimum Gasteiger partial charge on any atom is -0.469 e. The molecule has 3 rings (SSSR count). The van der Waals surface area contributed by atoms with Crippen molar-refractivity contribution in [2.24, 2.45) is 4.99 Å². The number of halogens is 2. The Morgan fingerprint density at radius 1 is 1.12 bits per heavy atom. The Hall–Kier alpha value is -2.90. The summed E-state index contributed by atoms with van der Waals surface area (Å²) in [5.41, 5.74) is 2.17. The first-order valence-electron chi connectivity index (χ1n) is 13.7. The van der Waals surface area contributed by atoms with Crippen LogP contribution in [0.25, 0.3) is 0 Å². The summed E-state index contributed by atoms with van der Waals surface area (Å²) in [6.45, 7) is 9.75. The highest BCUT2D eigenvalue weighted by molar-refractivity contribution is 6.35. The van der Waals surface area contributed by atoms with Gasteiger partial charge in [0.15, 0.2) is 0 Å². The van der Waals surface area contributed by atoms with E-state index < -0.39 is 5.66 Å². The van der Waals surface area contributed by atoms with E-state index in [0.717, 1.165) is 55.5 Å². The molecule has 7 nitrogen and oxygen atoms in total. The van der Waals surface area contributed by atoms with E-state index in [1.165, 1.54) is 12.7 Å². The van der Waals surface area contributed by atoms with E-state index in [9.17, 15) is 14.4 Å². The summed E-state index contributed by atoms with van der Waals surface area (Å²) in [5.74, 6) is -0.623. The third kappa shape index (κ3) is 9.63. The van der Waals surface area contributed by atoms with Crippen LogP contribution in [0.3, 0.4) is 0 Å². The van der Waals surface area contributed by atoms with Crippen LogP contribution in [0.1, 0.15) is 94.1 Å². The lowest BCUT2D eigenvalue weighted by atomic mass is 9.94. The number of carbonyl (C=O) groups excluding carboxylic acids is 3. The summed E-state index contributed by atoms with van der Waals surface area (Å²) in [5, 5.41) is 4.14. The molecule has 1 unspecified atom stereocenters. The van der Waals surface area contributed by atoms with Crippen molar-refractivity contribution in [2.45, 2.75) is 83.8 Å². The number of hydrogen-bond donors (Lipinski definition) is 1. The molecule has 0 aromatic heterocycles. The molecule has 1 aromatic carbocycles. The normalized spacial score (nSPS) is 16.6. The number of benzene rings is 1. The van der Waals surface area contributed by atoms with E-state index in [1.54, 1.807) is 25.1 Å². The van der Waals surface area contributed by atoms with Gasteiger partial charge in [0, 0.05) is 29.1 Å². The molecule has 0 aliphatic heterocycles. The number of esters is 1. The second-order valence-corrected chi connectivity index (χ2v) is 10.9. The first kappa shape index (κ1) is 33.3. The summed E-state index contributed by atoms with van der Waals surface area (Å²) >= 11 is 11.5. The number of carbonyl (C=O) groups is 3. The van der Waals surface area contributed by atoms with Crippen LogP contribution in [0, 0.1) is 0 Å². The van der Waals surface area contributed by atoms with Crippen molar-refractivity contribution in [3.05, 3.63) is 69.3 Å². The highest BCUT2D eigenvalue weighted by Gasteiger charge is 2.43. The maximum atomic E-state index is 12.7. The largest absolute Gasteiger partial charge is 0.469 e. The molecule has 218 valence electrons. The minimum atomic E-state index is -0.546. The highest BCUT2D eigenvalue weighted by Crippen LogP contribution is 2.42. The maximum Gasteiger partial charge on any atom is 0.307 e. The van der Waals surface area contributed by atoms with Gasteiger partial charge in [-0.2, -0.15) is 0 Å². The number of hydrogen-bond acceptors (Lipinski definition) is 5. The first-order chi connectivity index (χ1) is 19.1. The van der Waals surface area contributed by atoms with Crippen molar-refractivity contribution in [1.82, 2.24) is 10.2 Å². The SMILES string of the molecule is C=NC1(N(C(C)=O)C(CCC)c2ccc(C(=O)NCCC(=O)OC)cc2)CCCC1.CC1=CC(Cl)=CC(Cl)=CC1. The number of aliphatic imine (C=N–C) groups is 1. The Balaban J connectivity index is 0.000000469. The fraction of sp³-hybridized carbons (Fsp3) is 0.484. The van der Waals surface area contributed by atoms with Gasteiger partial charge in [-0.05, 0) is 82.0 Å². The minimum absolute atomic E-state index is 0.00706. The van der Waals surface area contributed by atoms with Crippen LogP contribution in [0.15, 0.2) is 63.1 Å². The lowest BCUT2D eigenvalue weighted by molar-refractivity contribution is -0.140. The average molecular weight is 591 g/mol. The van der Waals surface area contributed by atoms with E-state index in [2.05, 4.69) is 28.7 Å². The maximum absolute atomic E-state index is 12.7. The third-order valence-corrected chi connectivity index (χ3v) is 7.52. The Morgan fingerprint density at radius 3 is 2.33 bits per heavy atom.